The van der Waals surface area contributed by atoms with Crippen LogP contribution in [-0.2, 0) is 10.0 Å². The van der Waals surface area contributed by atoms with Crippen LogP contribution in [0.15, 0.2) is 53.1 Å². The number of rotatable bonds is 5. The van der Waals surface area contributed by atoms with Crippen molar-refractivity contribution in [3.8, 4) is 11.3 Å². The Morgan fingerprint density at radius 1 is 1.08 bits per heavy atom. The van der Waals surface area contributed by atoms with Gasteiger partial charge >= 0.3 is 0 Å². The first-order valence-corrected chi connectivity index (χ1v) is 9.58. The maximum atomic E-state index is 11.4. The number of sulfonamides is 1. The molecule has 0 spiro atoms. The number of benzene rings is 2. The molecule has 2 N–H and O–H groups in total. The molecule has 3 aromatic rings. The van der Waals surface area contributed by atoms with Gasteiger partial charge in [0.25, 0.3) is 6.01 Å². The van der Waals surface area contributed by atoms with Gasteiger partial charge in [-0.05, 0) is 37.6 Å². The Morgan fingerprint density at radius 3 is 2.60 bits per heavy atom. The number of hydrogen-bond donors (Lipinski definition) is 2. The van der Waals surface area contributed by atoms with Crippen LogP contribution in [0.25, 0.3) is 11.3 Å². The summed E-state index contributed by atoms with van der Waals surface area (Å²) in [7, 11) is -3.34. The van der Waals surface area contributed by atoms with Gasteiger partial charge in [0.1, 0.15) is 0 Å². The summed E-state index contributed by atoms with van der Waals surface area (Å²) in [4.78, 5) is 4.23. The van der Waals surface area contributed by atoms with E-state index < -0.39 is 10.0 Å². The molecule has 0 aliphatic heterocycles. The van der Waals surface area contributed by atoms with Crippen LogP contribution in [0.5, 0.6) is 0 Å². The van der Waals surface area contributed by atoms with Crippen molar-refractivity contribution in [2.24, 2.45) is 0 Å². The fraction of sp³-hybridized carbons (Fsp3) is 0.167. The highest BCUT2D eigenvalue weighted by Gasteiger charge is 2.09. The van der Waals surface area contributed by atoms with Crippen molar-refractivity contribution < 1.29 is 12.8 Å². The monoisotopic (exact) mass is 357 g/mol. The molecule has 0 fully saturated rings. The minimum atomic E-state index is -3.34. The quantitative estimate of drug-likeness (QED) is 0.719. The lowest BCUT2D eigenvalue weighted by molar-refractivity contribution is 0.592. The molecule has 0 unspecified atom stereocenters. The van der Waals surface area contributed by atoms with Crippen molar-refractivity contribution in [3.63, 3.8) is 0 Å². The molecule has 1 heterocycles. The zero-order valence-corrected chi connectivity index (χ0v) is 15.0. The van der Waals surface area contributed by atoms with Crippen LogP contribution in [0.2, 0.25) is 0 Å². The lowest BCUT2D eigenvalue weighted by atomic mass is 10.1. The Morgan fingerprint density at radius 2 is 1.88 bits per heavy atom. The molecule has 6 nitrogen and oxygen atoms in total. The average Bonchev–Trinajstić information content (AvgIpc) is 2.98. The zero-order valence-electron chi connectivity index (χ0n) is 14.2. The number of anilines is 3. The van der Waals surface area contributed by atoms with Crippen LogP contribution >= 0.6 is 0 Å². The van der Waals surface area contributed by atoms with E-state index in [-0.39, 0.29) is 0 Å². The van der Waals surface area contributed by atoms with Gasteiger partial charge in [-0.1, -0.05) is 29.8 Å². The summed E-state index contributed by atoms with van der Waals surface area (Å²) in [5.41, 5.74) is 4.10. The summed E-state index contributed by atoms with van der Waals surface area (Å²) in [6.45, 7) is 3.85. The van der Waals surface area contributed by atoms with Crippen molar-refractivity contribution in [1.82, 2.24) is 4.98 Å². The molecule has 0 amide bonds. The van der Waals surface area contributed by atoms with Crippen LogP contribution in [0.3, 0.4) is 0 Å². The predicted molar refractivity (Wildman–Crippen MR) is 99.6 cm³/mol. The highest BCUT2D eigenvalue weighted by Crippen LogP contribution is 2.27. The summed E-state index contributed by atoms with van der Waals surface area (Å²) >= 11 is 0. The molecule has 0 saturated carbocycles. The Bertz CT molecular complexity index is 1010. The van der Waals surface area contributed by atoms with Crippen molar-refractivity contribution in [3.05, 3.63) is 59.8 Å². The van der Waals surface area contributed by atoms with Gasteiger partial charge in [0.05, 0.1) is 18.1 Å². The molecule has 3 rings (SSSR count). The molecular formula is C18H19N3O3S. The third-order valence-corrected chi connectivity index (χ3v) is 4.18. The lowest BCUT2D eigenvalue weighted by Crippen LogP contribution is -2.10. The van der Waals surface area contributed by atoms with E-state index in [0.717, 1.165) is 22.9 Å². The number of nitrogens with zero attached hydrogens (tertiary/aromatic N) is 1. The second-order valence-corrected chi connectivity index (χ2v) is 7.68. The summed E-state index contributed by atoms with van der Waals surface area (Å²) < 4.78 is 31.1. The van der Waals surface area contributed by atoms with Crippen molar-refractivity contribution >= 4 is 27.4 Å². The van der Waals surface area contributed by atoms with Crippen molar-refractivity contribution in [1.29, 1.82) is 0 Å². The van der Waals surface area contributed by atoms with Gasteiger partial charge in [-0.15, -0.1) is 0 Å². The van der Waals surface area contributed by atoms with Crippen LogP contribution < -0.4 is 10.0 Å². The van der Waals surface area contributed by atoms with E-state index in [2.05, 4.69) is 15.0 Å². The second-order valence-electron chi connectivity index (χ2n) is 5.93. The van der Waals surface area contributed by atoms with E-state index in [1.165, 1.54) is 0 Å². The normalized spacial score (nSPS) is 11.3. The van der Waals surface area contributed by atoms with E-state index in [1.54, 1.807) is 12.3 Å². The third-order valence-electron chi connectivity index (χ3n) is 3.59. The van der Waals surface area contributed by atoms with Gasteiger partial charge in [0, 0.05) is 11.3 Å². The maximum absolute atomic E-state index is 11.4. The SMILES string of the molecule is Cc1cccc(-c2cnc(Nc3ccc(C)c(NS(C)(=O)=O)c3)o2)c1. The standard InChI is InChI=1S/C18H19N3O3S/c1-12-5-4-6-14(9-12)17-11-19-18(24-17)20-15-8-7-13(2)16(10-15)21-25(3,22)23/h4-11,21H,1-3H3,(H,19,20). The minimum absolute atomic E-state index is 0.339. The van der Waals surface area contributed by atoms with E-state index in [1.807, 2.05) is 50.2 Å². The van der Waals surface area contributed by atoms with Gasteiger partial charge in [-0.2, -0.15) is 0 Å². The smallest absolute Gasteiger partial charge is 0.299 e. The third kappa shape index (κ3) is 4.39. The molecule has 2 aromatic carbocycles. The predicted octanol–water partition coefficient (Wildman–Crippen LogP) is 4.07. The Labute approximate surface area is 147 Å². The molecule has 25 heavy (non-hydrogen) atoms. The van der Waals surface area contributed by atoms with E-state index >= 15 is 0 Å². The largest absolute Gasteiger partial charge is 0.423 e. The van der Waals surface area contributed by atoms with Gasteiger partial charge < -0.3 is 9.73 Å². The van der Waals surface area contributed by atoms with Crippen LogP contribution in [0, 0.1) is 13.8 Å². The van der Waals surface area contributed by atoms with Crippen LogP contribution in [0.4, 0.5) is 17.4 Å². The number of aryl methyl sites for hydroxylation is 2. The highest BCUT2D eigenvalue weighted by molar-refractivity contribution is 7.92. The summed E-state index contributed by atoms with van der Waals surface area (Å²) in [6.07, 6.45) is 2.77. The first-order valence-electron chi connectivity index (χ1n) is 7.68. The minimum Gasteiger partial charge on any atom is -0.423 e. The fourth-order valence-corrected chi connectivity index (χ4v) is 3.02. The first kappa shape index (κ1) is 17.0. The molecule has 0 saturated heterocycles. The van der Waals surface area contributed by atoms with E-state index in [4.69, 9.17) is 4.42 Å². The van der Waals surface area contributed by atoms with Gasteiger partial charge in [0.2, 0.25) is 10.0 Å². The molecule has 0 bridgehead atoms. The fourth-order valence-electron chi connectivity index (χ4n) is 2.40. The summed E-state index contributed by atoms with van der Waals surface area (Å²) in [5, 5.41) is 3.05. The molecule has 1 aromatic heterocycles. The molecule has 0 radical (unpaired) electrons. The first-order chi connectivity index (χ1) is 11.8. The highest BCUT2D eigenvalue weighted by atomic mass is 32.2. The molecule has 130 valence electrons. The lowest BCUT2D eigenvalue weighted by Gasteiger charge is -2.10. The molecule has 0 atom stereocenters. The topological polar surface area (TPSA) is 84.2 Å². The molecule has 7 heteroatoms. The van der Waals surface area contributed by atoms with Crippen LogP contribution in [-0.4, -0.2) is 19.7 Å². The molecule has 0 aliphatic rings. The van der Waals surface area contributed by atoms with Crippen molar-refractivity contribution in [2.45, 2.75) is 13.8 Å². The van der Waals surface area contributed by atoms with E-state index in [0.29, 0.717) is 23.1 Å². The maximum Gasteiger partial charge on any atom is 0.299 e. The van der Waals surface area contributed by atoms with Gasteiger partial charge in [0.15, 0.2) is 5.76 Å². The van der Waals surface area contributed by atoms with Crippen LogP contribution in [0.1, 0.15) is 11.1 Å². The Balaban J connectivity index is 1.83. The number of aromatic nitrogens is 1. The van der Waals surface area contributed by atoms with Crippen molar-refractivity contribution in [2.75, 3.05) is 16.3 Å². The molecular weight excluding hydrogens is 338 g/mol. The van der Waals surface area contributed by atoms with Gasteiger partial charge in [-0.3, -0.25) is 4.72 Å². The Kier molecular flexibility index (Phi) is 4.50. The number of nitrogens with one attached hydrogen (secondary N) is 2. The Hall–Kier alpha value is -2.80. The number of hydrogen-bond acceptors (Lipinski definition) is 5. The average molecular weight is 357 g/mol. The molecule has 0 aliphatic carbocycles. The summed E-state index contributed by atoms with van der Waals surface area (Å²) in [5.74, 6) is 0.660. The summed E-state index contributed by atoms with van der Waals surface area (Å²) in [6, 6.07) is 13.6. The van der Waals surface area contributed by atoms with E-state index in [9.17, 15) is 8.42 Å². The van der Waals surface area contributed by atoms with Gasteiger partial charge in [-0.25, -0.2) is 13.4 Å². The number of oxazole rings is 1. The zero-order chi connectivity index (χ0) is 18.0. The second kappa shape index (κ2) is 6.60.